The van der Waals surface area contributed by atoms with Crippen LogP contribution in [0.25, 0.3) is 5.69 Å². The molecule has 0 fully saturated rings. The van der Waals surface area contributed by atoms with Crippen LogP contribution in [0, 0.1) is 0 Å². The van der Waals surface area contributed by atoms with Crippen molar-refractivity contribution < 1.29 is 0 Å². The lowest BCUT2D eigenvalue weighted by Crippen LogP contribution is -2.21. The molecular weight excluding hydrogens is 362 g/mol. The highest BCUT2D eigenvalue weighted by Gasteiger charge is 2.16. The monoisotopic (exact) mass is 373 g/mol. The molecule has 1 unspecified atom stereocenters. The second kappa shape index (κ2) is 5.90. The van der Waals surface area contributed by atoms with Crippen molar-refractivity contribution in [3.8, 4) is 5.69 Å². The Morgan fingerprint density at radius 1 is 1.39 bits per heavy atom. The Hall–Kier alpha value is -0.790. The number of hydrogen-bond donors (Lipinski definition) is 1. The van der Waals surface area contributed by atoms with Gasteiger partial charge in [-0.2, -0.15) is 4.68 Å². The molecule has 0 aliphatic rings. The van der Waals surface area contributed by atoms with E-state index in [9.17, 15) is 0 Å². The van der Waals surface area contributed by atoms with Crippen LogP contribution in [0.2, 0.25) is 0 Å². The van der Waals surface area contributed by atoms with Gasteiger partial charge in [0.15, 0.2) is 5.82 Å². The largest absolute Gasteiger partial charge is 0.308 e. The van der Waals surface area contributed by atoms with E-state index in [4.69, 9.17) is 0 Å². The third-order valence-electron chi connectivity index (χ3n) is 2.53. The summed E-state index contributed by atoms with van der Waals surface area (Å²) in [5.41, 5.74) is 0.919. The van der Waals surface area contributed by atoms with Crippen LogP contribution in [-0.2, 0) is 0 Å². The zero-order valence-corrected chi connectivity index (χ0v) is 13.2. The van der Waals surface area contributed by atoms with E-state index in [1.54, 1.807) is 4.68 Å². The van der Waals surface area contributed by atoms with Gasteiger partial charge in [0.25, 0.3) is 0 Å². The van der Waals surface area contributed by atoms with Gasteiger partial charge in [0.1, 0.15) is 0 Å². The molecule has 7 heteroatoms. The SMILES string of the molecule is CCNC(C)c1nnnn1-c1ccc(Br)cc1Br. The van der Waals surface area contributed by atoms with E-state index >= 15 is 0 Å². The average molecular weight is 375 g/mol. The van der Waals surface area contributed by atoms with Gasteiger partial charge in [0.2, 0.25) is 0 Å². The molecule has 0 amide bonds. The van der Waals surface area contributed by atoms with E-state index in [1.807, 2.05) is 25.1 Å². The third kappa shape index (κ3) is 2.78. The van der Waals surface area contributed by atoms with Gasteiger partial charge in [0, 0.05) is 8.95 Å². The fourth-order valence-corrected chi connectivity index (χ4v) is 2.90. The van der Waals surface area contributed by atoms with E-state index in [2.05, 4.69) is 59.6 Å². The fourth-order valence-electron chi connectivity index (χ4n) is 1.69. The van der Waals surface area contributed by atoms with Crippen LogP contribution < -0.4 is 5.32 Å². The summed E-state index contributed by atoms with van der Waals surface area (Å²) < 4.78 is 3.69. The molecule has 1 aromatic carbocycles. The normalized spacial score (nSPS) is 12.7. The van der Waals surface area contributed by atoms with Crippen molar-refractivity contribution in [1.82, 2.24) is 25.5 Å². The van der Waals surface area contributed by atoms with Crippen LogP contribution in [-0.4, -0.2) is 26.8 Å². The number of hydrogen-bond acceptors (Lipinski definition) is 4. The summed E-state index contributed by atoms with van der Waals surface area (Å²) in [4.78, 5) is 0. The Balaban J connectivity index is 2.42. The maximum absolute atomic E-state index is 4.08. The Bertz CT molecular complexity index is 540. The number of aromatic nitrogens is 4. The van der Waals surface area contributed by atoms with Crippen LogP contribution in [0.1, 0.15) is 25.7 Å². The van der Waals surface area contributed by atoms with Crippen LogP contribution in [0.5, 0.6) is 0 Å². The third-order valence-corrected chi connectivity index (χ3v) is 3.66. The summed E-state index contributed by atoms with van der Waals surface area (Å²) in [6.45, 7) is 4.97. The lowest BCUT2D eigenvalue weighted by molar-refractivity contribution is 0.550. The molecule has 1 atom stereocenters. The Morgan fingerprint density at radius 2 is 2.17 bits per heavy atom. The molecule has 0 bridgehead atoms. The van der Waals surface area contributed by atoms with Gasteiger partial charge in [-0.3, -0.25) is 0 Å². The van der Waals surface area contributed by atoms with E-state index < -0.39 is 0 Å². The Morgan fingerprint density at radius 3 is 2.83 bits per heavy atom. The molecule has 1 heterocycles. The summed E-state index contributed by atoms with van der Waals surface area (Å²) >= 11 is 6.95. The summed E-state index contributed by atoms with van der Waals surface area (Å²) in [6, 6.07) is 6.00. The summed E-state index contributed by atoms with van der Waals surface area (Å²) in [7, 11) is 0. The number of halogens is 2. The molecule has 1 N–H and O–H groups in total. The molecule has 0 saturated heterocycles. The van der Waals surface area contributed by atoms with Gasteiger partial charge in [0.05, 0.1) is 11.7 Å². The molecule has 5 nitrogen and oxygen atoms in total. The number of nitrogens with one attached hydrogen (secondary N) is 1. The first-order chi connectivity index (χ1) is 8.63. The quantitative estimate of drug-likeness (QED) is 0.893. The molecule has 18 heavy (non-hydrogen) atoms. The number of nitrogens with zero attached hydrogens (tertiary/aromatic N) is 4. The zero-order chi connectivity index (χ0) is 13.1. The molecule has 2 rings (SSSR count). The van der Waals surface area contributed by atoms with Crippen molar-refractivity contribution in [1.29, 1.82) is 0 Å². The summed E-state index contributed by atoms with van der Waals surface area (Å²) in [5.74, 6) is 0.792. The number of rotatable bonds is 4. The lowest BCUT2D eigenvalue weighted by Gasteiger charge is -2.13. The summed E-state index contributed by atoms with van der Waals surface area (Å²) in [6.07, 6.45) is 0. The molecule has 0 aliphatic carbocycles. The van der Waals surface area contributed by atoms with Gasteiger partial charge in [-0.05, 0) is 58.0 Å². The maximum Gasteiger partial charge on any atom is 0.173 e. The highest BCUT2D eigenvalue weighted by Crippen LogP contribution is 2.26. The van der Waals surface area contributed by atoms with Crippen LogP contribution in [0.4, 0.5) is 0 Å². The van der Waals surface area contributed by atoms with Crippen LogP contribution >= 0.6 is 31.9 Å². The van der Waals surface area contributed by atoms with E-state index in [0.29, 0.717) is 0 Å². The minimum absolute atomic E-state index is 0.0977. The first kappa shape index (κ1) is 13.6. The minimum atomic E-state index is 0.0977. The van der Waals surface area contributed by atoms with Gasteiger partial charge >= 0.3 is 0 Å². The molecule has 0 radical (unpaired) electrons. The van der Waals surface area contributed by atoms with Crippen molar-refractivity contribution in [3.05, 3.63) is 33.0 Å². The Kier molecular flexibility index (Phi) is 4.47. The predicted octanol–water partition coefficient (Wildman–Crippen LogP) is 2.86. The first-order valence-electron chi connectivity index (χ1n) is 5.60. The maximum atomic E-state index is 4.08. The highest BCUT2D eigenvalue weighted by molar-refractivity contribution is 9.11. The van der Waals surface area contributed by atoms with Crippen molar-refractivity contribution in [2.24, 2.45) is 0 Å². The second-order valence-electron chi connectivity index (χ2n) is 3.82. The standard InChI is InChI=1S/C11H13Br2N5/c1-3-14-7(2)11-15-16-17-18(11)10-5-4-8(12)6-9(10)13/h4-7,14H,3H2,1-2H3. The van der Waals surface area contributed by atoms with Crippen LogP contribution in [0.3, 0.4) is 0 Å². The van der Waals surface area contributed by atoms with Crippen molar-refractivity contribution in [2.45, 2.75) is 19.9 Å². The second-order valence-corrected chi connectivity index (χ2v) is 5.59. The van der Waals surface area contributed by atoms with Crippen molar-refractivity contribution in [2.75, 3.05) is 6.54 Å². The zero-order valence-electron chi connectivity index (χ0n) is 10.1. The molecule has 0 spiro atoms. The number of tetrazole rings is 1. The topological polar surface area (TPSA) is 55.6 Å². The van der Waals surface area contributed by atoms with E-state index in [0.717, 1.165) is 27.0 Å². The van der Waals surface area contributed by atoms with Gasteiger partial charge in [-0.15, -0.1) is 5.10 Å². The van der Waals surface area contributed by atoms with Gasteiger partial charge in [-0.25, -0.2) is 0 Å². The molecule has 1 aromatic heterocycles. The molecule has 0 saturated carbocycles. The lowest BCUT2D eigenvalue weighted by atomic mass is 10.3. The Labute approximate surface area is 122 Å². The minimum Gasteiger partial charge on any atom is -0.308 e. The fraction of sp³-hybridized carbons (Fsp3) is 0.364. The molecule has 0 aliphatic heterocycles. The predicted molar refractivity (Wildman–Crippen MR) is 76.6 cm³/mol. The average Bonchev–Trinajstić information content (AvgIpc) is 2.78. The smallest absolute Gasteiger partial charge is 0.173 e. The van der Waals surface area contributed by atoms with E-state index in [-0.39, 0.29) is 6.04 Å². The molecule has 96 valence electrons. The highest BCUT2D eigenvalue weighted by atomic mass is 79.9. The van der Waals surface area contributed by atoms with Gasteiger partial charge in [-0.1, -0.05) is 22.9 Å². The van der Waals surface area contributed by atoms with Crippen molar-refractivity contribution in [3.63, 3.8) is 0 Å². The first-order valence-corrected chi connectivity index (χ1v) is 7.19. The van der Waals surface area contributed by atoms with Crippen molar-refractivity contribution >= 4 is 31.9 Å². The molecular formula is C11H13Br2N5. The van der Waals surface area contributed by atoms with Gasteiger partial charge < -0.3 is 5.32 Å². The van der Waals surface area contributed by atoms with E-state index in [1.165, 1.54) is 0 Å². The number of benzene rings is 1. The summed E-state index contributed by atoms with van der Waals surface area (Å²) in [5, 5.41) is 15.2. The van der Waals surface area contributed by atoms with Crippen LogP contribution in [0.15, 0.2) is 27.1 Å². The molecule has 2 aromatic rings.